The average molecular weight is 320 g/mol. The van der Waals surface area contributed by atoms with E-state index in [2.05, 4.69) is 35.6 Å². The Hall–Kier alpha value is -2.32. The van der Waals surface area contributed by atoms with E-state index in [-0.39, 0.29) is 12.4 Å². The van der Waals surface area contributed by atoms with Gasteiger partial charge in [0.25, 0.3) is 5.89 Å². The first-order valence-electron chi connectivity index (χ1n) is 6.76. The van der Waals surface area contributed by atoms with Gasteiger partial charge in [-0.15, -0.1) is 12.4 Å². The monoisotopic (exact) mass is 319 g/mol. The van der Waals surface area contributed by atoms with Crippen molar-refractivity contribution in [3.8, 4) is 23.1 Å². The molecule has 3 aromatic rings. The molecule has 0 bridgehead atoms. The predicted octanol–water partition coefficient (Wildman–Crippen LogP) is 1.42. The zero-order valence-electron chi connectivity index (χ0n) is 11.6. The third-order valence-electron chi connectivity index (χ3n) is 3.54. The largest absolute Gasteiger partial charge is 0.332 e. The number of H-pyrrole nitrogens is 1. The van der Waals surface area contributed by atoms with Crippen LogP contribution in [0.1, 0.15) is 18.0 Å². The number of nitrogens with one attached hydrogen (secondary N) is 2. The van der Waals surface area contributed by atoms with Crippen LogP contribution < -0.4 is 5.32 Å². The molecule has 3 aromatic heterocycles. The summed E-state index contributed by atoms with van der Waals surface area (Å²) < 4.78 is 5.25. The maximum atomic E-state index is 5.25. The molecule has 2 N–H and O–H groups in total. The minimum absolute atomic E-state index is 0. The van der Waals surface area contributed by atoms with Crippen molar-refractivity contribution in [1.82, 2.24) is 35.6 Å². The summed E-state index contributed by atoms with van der Waals surface area (Å²) in [5.41, 5.74) is 2.32. The number of hydrogen-bond donors (Lipinski definition) is 2. The molecule has 22 heavy (non-hydrogen) atoms. The van der Waals surface area contributed by atoms with E-state index in [1.165, 1.54) is 0 Å². The fourth-order valence-electron chi connectivity index (χ4n) is 2.42. The zero-order chi connectivity index (χ0) is 14.1. The van der Waals surface area contributed by atoms with Crippen molar-refractivity contribution >= 4 is 12.4 Å². The van der Waals surface area contributed by atoms with Crippen molar-refractivity contribution in [1.29, 1.82) is 0 Å². The highest BCUT2D eigenvalue weighted by Gasteiger charge is 2.21. The van der Waals surface area contributed by atoms with E-state index in [1.54, 1.807) is 18.6 Å². The van der Waals surface area contributed by atoms with Crippen molar-refractivity contribution in [2.75, 3.05) is 13.1 Å². The van der Waals surface area contributed by atoms with E-state index in [0.717, 1.165) is 25.2 Å². The van der Waals surface area contributed by atoms with Gasteiger partial charge >= 0.3 is 0 Å². The second-order valence-electron chi connectivity index (χ2n) is 4.91. The molecule has 114 valence electrons. The Morgan fingerprint density at radius 3 is 2.95 bits per heavy atom. The third kappa shape index (κ3) is 2.70. The van der Waals surface area contributed by atoms with Gasteiger partial charge in [0.05, 0.1) is 6.20 Å². The highest BCUT2D eigenvalue weighted by atomic mass is 35.5. The molecule has 4 heterocycles. The molecule has 9 heteroatoms. The fourth-order valence-corrected chi connectivity index (χ4v) is 2.42. The molecule has 1 aliphatic rings. The van der Waals surface area contributed by atoms with E-state index in [1.807, 2.05) is 6.07 Å². The smallest absolute Gasteiger partial charge is 0.278 e. The number of aromatic nitrogens is 6. The highest BCUT2D eigenvalue weighted by molar-refractivity contribution is 5.85. The normalized spacial score (nSPS) is 17.4. The molecule has 0 amide bonds. The van der Waals surface area contributed by atoms with Crippen LogP contribution in [0.2, 0.25) is 0 Å². The Bertz CT molecular complexity index is 736. The lowest BCUT2D eigenvalue weighted by atomic mass is 10.1. The summed E-state index contributed by atoms with van der Waals surface area (Å²) in [4.78, 5) is 12.4. The van der Waals surface area contributed by atoms with Crippen molar-refractivity contribution in [3.63, 3.8) is 0 Å². The van der Waals surface area contributed by atoms with E-state index in [0.29, 0.717) is 29.0 Å². The number of aromatic amines is 1. The molecule has 1 atom stereocenters. The topological polar surface area (TPSA) is 105 Å². The molecule has 0 spiro atoms. The molecule has 1 fully saturated rings. The molecule has 0 aliphatic carbocycles. The van der Waals surface area contributed by atoms with Gasteiger partial charge in [0.15, 0.2) is 5.69 Å². The van der Waals surface area contributed by atoms with Crippen LogP contribution in [0.3, 0.4) is 0 Å². The number of rotatable bonds is 3. The molecule has 4 rings (SSSR count). The molecule has 0 radical (unpaired) electrons. The van der Waals surface area contributed by atoms with E-state index in [4.69, 9.17) is 4.52 Å². The summed E-state index contributed by atoms with van der Waals surface area (Å²) in [5, 5.41) is 14.5. The lowest BCUT2D eigenvalue weighted by Gasteiger charge is -2.02. The quantitative estimate of drug-likeness (QED) is 0.752. The average Bonchev–Trinajstić information content (AvgIpc) is 3.27. The molecular weight excluding hydrogens is 306 g/mol. The van der Waals surface area contributed by atoms with Crippen LogP contribution >= 0.6 is 12.4 Å². The first-order valence-corrected chi connectivity index (χ1v) is 6.76. The van der Waals surface area contributed by atoms with Crippen molar-refractivity contribution in [2.24, 2.45) is 0 Å². The Morgan fingerprint density at radius 2 is 2.18 bits per heavy atom. The first kappa shape index (κ1) is 14.6. The number of nitrogens with zero attached hydrogens (tertiary/aromatic N) is 5. The molecule has 1 unspecified atom stereocenters. The molecule has 0 saturated carbocycles. The van der Waals surface area contributed by atoms with Crippen molar-refractivity contribution in [2.45, 2.75) is 12.3 Å². The van der Waals surface area contributed by atoms with Gasteiger partial charge in [0.2, 0.25) is 5.82 Å². The number of halogens is 1. The van der Waals surface area contributed by atoms with Crippen LogP contribution in [0.25, 0.3) is 23.1 Å². The van der Waals surface area contributed by atoms with Gasteiger partial charge in [-0.1, -0.05) is 5.16 Å². The summed E-state index contributed by atoms with van der Waals surface area (Å²) in [6, 6.07) is 1.96. The Labute approximate surface area is 132 Å². The Morgan fingerprint density at radius 1 is 1.23 bits per heavy atom. The van der Waals surface area contributed by atoms with E-state index < -0.39 is 0 Å². The first-order chi connectivity index (χ1) is 10.4. The summed E-state index contributed by atoms with van der Waals surface area (Å²) in [5.74, 6) is 1.25. The minimum atomic E-state index is 0. The summed E-state index contributed by atoms with van der Waals surface area (Å²) in [7, 11) is 0. The van der Waals surface area contributed by atoms with E-state index >= 15 is 0 Å². The highest BCUT2D eigenvalue weighted by Crippen LogP contribution is 2.25. The van der Waals surface area contributed by atoms with Gasteiger partial charge in [-0.3, -0.25) is 10.1 Å². The molecule has 1 saturated heterocycles. The van der Waals surface area contributed by atoms with Crippen LogP contribution in [-0.4, -0.2) is 43.4 Å². The lowest BCUT2D eigenvalue weighted by Crippen LogP contribution is -2.08. The second kappa shape index (κ2) is 6.20. The SMILES string of the molecule is Cl.c1cnc(-c2noc(-c3cc(C4CCNC4)[nH]n3)n2)cn1. The standard InChI is InChI=1S/C13H13N7O.ClH/c1-2-14-6-8(1)9-5-10(19-18-9)13-17-12(20-21-13)11-7-15-3-4-16-11;/h3-5,7-8,14H,1-2,6H2,(H,18,19);1H. The maximum Gasteiger partial charge on any atom is 0.278 e. The molecule has 1 aliphatic heterocycles. The van der Waals surface area contributed by atoms with Crippen LogP contribution in [-0.2, 0) is 0 Å². The fraction of sp³-hybridized carbons (Fsp3) is 0.308. The second-order valence-corrected chi connectivity index (χ2v) is 4.91. The minimum Gasteiger partial charge on any atom is -0.332 e. The van der Waals surface area contributed by atoms with Gasteiger partial charge in [0.1, 0.15) is 5.69 Å². The van der Waals surface area contributed by atoms with Gasteiger partial charge in [0, 0.05) is 30.6 Å². The predicted molar refractivity (Wildman–Crippen MR) is 80.4 cm³/mol. The Kier molecular flexibility index (Phi) is 4.12. The lowest BCUT2D eigenvalue weighted by molar-refractivity contribution is 0.430. The van der Waals surface area contributed by atoms with Gasteiger partial charge in [-0.2, -0.15) is 10.1 Å². The van der Waals surface area contributed by atoms with Crippen LogP contribution in [0.4, 0.5) is 0 Å². The van der Waals surface area contributed by atoms with Gasteiger partial charge in [-0.05, 0) is 19.0 Å². The van der Waals surface area contributed by atoms with Crippen LogP contribution in [0, 0.1) is 0 Å². The van der Waals surface area contributed by atoms with Crippen LogP contribution in [0.15, 0.2) is 29.2 Å². The van der Waals surface area contributed by atoms with Gasteiger partial charge < -0.3 is 9.84 Å². The Balaban J connectivity index is 0.00000144. The third-order valence-corrected chi connectivity index (χ3v) is 3.54. The molecule has 0 aromatic carbocycles. The maximum absolute atomic E-state index is 5.25. The molecule has 8 nitrogen and oxygen atoms in total. The zero-order valence-corrected chi connectivity index (χ0v) is 12.4. The summed E-state index contributed by atoms with van der Waals surface area (Å²) in [6.07, 6.45) is 5.89. The van der Waals surface area contributed by atoms with E-state index in [9.17, 15) is 0 Å². The van der Waals surface area contributed by atoms with Crippen LogP contribution in [0.5, 0.6) is 0 Å². The summed E-state index contributed by atoms with van der Waals surface area (Å²) >= 11 is 0. The number of hydrogen-bond acceptors (Lipinski definition) is 7. The van der Waals surface area contributed by atoms with Crippen molar-refractivity contribution in [3.05, 3.63) is 30.4 Å². The van der Waals surface area contributed by atoms with Crippen molar-refractivity contribution < 1.29 is 4.52 Å². The molecular formula is C13H14ClN7O. The van der Waals surface area contributed by atoms with Gasteiger partial charge in [-0.25, -0.2) is 4.98 Å². The summed E-state index contributed by atoms with van der Waals surface area (Å²) in [6.45, 7) is 2.01.